The van der Waals surface area contributed by atoms with Crippen LogP contribution in [0, 0.1) is 5.82 Å². The maximum Gasteiger partial charge on any atom is 0.251 e. The second-order valence-corrected chi connectivity index (χ2v) is 8.65. The van der Waals surface area contributed by atoms with E-state index >= 15 is 0 Å². The zero-order valence-corrected chi connectivity index (χ0v) is 17.6. The van der Waals surface area contributed by atoms with Gasteiger partial charge in [-0.05, 0) is 42.0 Å². The van der Waals surface area contributed by atoms with E-state index in [0.717, 1.165) is 23.3 Å². The fourth-order valence-corrected chi connectivity index (χ4v) is 4.74. The van der Waals surface area contributed by atoms with Crippen molar-refractivity contribution >= 4 is 23.2 Å². The summed E-state index contributed by atoms with van der Waals surface area (Å²) < 4.78 is 18.8. The van der Waals surface area contributed by atoms with Crippen molar-refractivity contribution in [3.8, 4) is 0 Å². The van der Waals surface area contributed by atoms with Gasteiger partial charge in [0.1, 0.15) is 11.9 Å². The van der Waals surface area contributed by atoms with Crippen molar-refractivity contribution in [1.82, 2.24) is 15.1 Å². The van der Waals surface area contributed by atoms with E-state index in [1.807, 2.05) is 22.4 Å². The molecule has 0 spiro atoms. The minimum absolute atomic E-state index is 0.0747. The molecule has 160 valence electrons. The summed E-state index contributed by atoms with van der Waals surface area (Å²) in [6.45, 7) is 3.47. The molecule has 0 unspecified atom stereocenters. The van der Waals surface area contributed by atoms with E-state index < -0.39 is 0 Å². The summed E-state index contributed by atoms with van der Waals surface area (Å²) in [5, 5.41) is 5.05. The second-order valence-electron chi connectivity index (χ2n) is 7.67. The Morgan fingerprint density at radius 1 is 1.17 bits per heavy atom. The predicted molar refractivity (Wildman–Crippen MR) is 113 cm³/mol. The lowest BCUT2D eigenvalue weighted by Crippen LogP contribution is -2.53. The highest BCUT2D eigenvalue weighted by atomic mass is 32.1. The van der Waals surface area contributed by atoms with E-state index in [-0.39, 0.29) is 36.3 Å². The summed E-state index contributed by atoms with van der Waals surface area (Å²) in [6.07, 6.45) is 1.45. The van der Waals surface area contributed by atoms with Gasteiger partial charge in [-0.15, -0.1) is 11.3 Å². The molecule has 2 aliphatic rings. The van der Waals surface area contributed by atoms with Crippen molar-refractivity contribution in [2.75, 3.05) is 39.3 Å². The Labute approximate surface area is 179 Å². The zero-order chi connectivity index (χ0) is 20.9. The van der Waals surface area contributed by atoms with Crippen LogP contribution in [0.15, 0.2) is 41.8 Å². The predicted octanol–water partition coefficient (Wildman–Crippen LogP) is 2.42. The Balaban J connectivity index is 1.32. The molecule has 0 aliphatic carbocycles. The van der Waals surface area contributed by atoms with Crippen LogP contribution in [-0.2, 0) is 14.3 Å². The van der Waals surface area contributed by atoms with Crippen LogP contribution in [0.4, 0.5) is 4.39 Å². The maximum absolute atomic E-state index is 13.3. The van der Waals surface area contributed by atoms with E-state index in [9.17, 15) is 14.0 Å². The third-order valence-electron chi connectivity index (χ3n) is 5.59. The highest BCUT2D eigenvalue weighted by Gasteiger charge is 2.31. The lowest BCUT2D eigenvalue weighted by molar-refractivity contribution is -0.142. The number of thiophene rings is 1. The van der Waals surface area contributed by atoms with E-state index in [1.165, 1.54) is 12.1 Å². The molecule has 8 heteroatoms. The largest absolute Gasteiger partial charge is 0.368 e. The minimum atomic E-state index is -0.305. The number of hydrogen-bond donors (Lipinski definition) is 1. The summed E-state index contributed by atoms with van der Waals surface area (Å²) in [4.78, 5) is 30.1. The number of nitrogens with one attached hydrogen (secondary N) is 1. The first-order valence-corrected chi connectivity index (χ1v) is 11.2. The number of piperazine rings is 1. The first-order valence-electron chi connectivity index (χ1n) is 10.3. The Bertz CT molecular complexity index is 845. The van der Waals surface area contributed by atoms with Gasteiger partial charge in [-0.25, -0.2) is 4.39 Å². The van der Waals surface area contributed by atoms with Crippen LogP contribution >= 0.6 is 11.3 Å². The Kier molecular flexibility index (Phi) is 6.76. The highest BCUT2D eigenvalue weighted by molar-refractivity contribution is 7.10. The fourth-order valence-electron chi connectivity index (χ4n) is 3.94. The molecule has 1 N–H and O–H groups in total. The summed E-state index contributed by atoms with van der Waals surface area (Å²) in [5.74, 6) is -0.312. The third kappa shape index (κ3) is 5.06. The molecule has 6 nitrogen and oxygen atoms in total. The molecule has 2 aliphatic heterocycles. The number of hydrogen-bond acceptors (Lipinski definition) is 5. The Hall–Kier alpha value is -2.29. The van der Waals surface area contributed by atoms with E-state index in [4.69, 9.17) is 4.74 Å². The van der Waals surface area contributed by atoms with Crippen LogP contribution < -0.4 is 5.32 Å². The van der Waals surface area contributed by atoms with Crippen LogP contribution in [0.5, 0.6) is 0 Å². The van der Waals surface area contributed by atoms with Crippen molar-refractivity contribution in [2.24, 2.45) is 0 Å². The molecule has 1 aromatic carbocycles. The van der Waals surface area contributed by atoms with Gasteiger partial charge in [-0.2, -0.15) is 0 Å². The minimum Gasteiger partial charge on any atom is -0.368 e. The molecule has 2 atom stereocenters. The van der Waals surface area contributed by atoms with Gasteiger partial charge in [0.05, 0.1) is 12.6 Å². The van der Waals surface area contributed by atoms with Gasteiger partial charge in [-0.1, -0.05) is 18.2 Å². The number of halogens is 1. The van der Waals surface area contributed by atoms with Gasteiger partial charge in [-0.3, -0.25) is 14.5 Å². The molecule has 30 heavy (non-hydrogen) atoms. The highest BCUT2D eigenvalue weighted by Crippen LogP contribution is 2.26. The molecule has 3 heterocycles. The number of rotatable bonds is 6. The molecule has 0 radical (unpaired) electrons. The van der Waals surface area contributed by atoms with E-state index in [0.29, 0.717) is 32.8 Å². The van der Waals surface area contributed by atoms with Crippen molar-refractivity contribution in [3.63, 3.8) is 0 Å². The first kappa shape index (κ1) is 21.0. The molecule has 2 amide bonds. The van der Waals surface area contributed by atoms with Gasteiger partial charge < -0.3 is 15.0 Å². The molecule has 2 fully saturated rings. The molecule has 1 aromatic heterocycles. The van der Waals surface area contributed by atoms with Crippen molar-refractivity contribution in [1.29, 1.82) is 0 Å². The summed E-state index contributed by atoms with van der Waals surface area (Å²) in [5.41, 5.74) is 0.846. The van der Waals surface area contributed by atoms with E-state index in [1.54, 1.807) is 23.5 Å². The van der Waals surface area contributed by atoms with Gasteiger partial charge in [0, 0.05) is 37.7 Å². The molecular formula is C22H26FN3O3S. The van der Waals surface area contributed by atoms with Crippen molar-refractivity contribution in [2.45, 2.75) is 25.0 Å². The van der Waals surface area contributed by atoms with Crippen LogP contribution in [0.3, 0.4) is 0 Å². The maximum atomic E-state index is 13.3. The second kappa shape index (κ2) is 9.68. The number of ether oxygens (including phenoxy) is 1. The average molecular weight is 432 g/mol. The summed E-state index contributed by atoms with van der Waals surface area (Å²) >= 11 is 1.56. The normalized spacial score (nSPS) is 20.8. The van der Waals surface area contributed by atoms with Gasteiger partial charge in [0.25, 0.3) is 5.91 Å². The lowest BCUT2D eigenvalue weighted by Gasteiger charge is -2.35. The SMILES string of the molecule is O=C(CN1CCN(C(=O)[C@H]2CCCO2)CC1)N[C@@H](c1ccc(F)cc1)c1cccs1. The van der Waals surface area contributed by atoms with Gasteiger partial charge in [0.2, 0.25) is 5.91 Å². The topological polar surface area (TPSA) is 61.9 Å². The van der Waals surface area contributed by atoms with Crippen LogP contribution in [0.2, 0.25) is 0 Å². The van der Waals surface area contributed by atoms with E-state index in [2.05, 4.69) is 10.2 Å². The monoisotopic (exact) mass is 431 g/mol. The number of nitrogens with zero attached hydrogens (tertiary/aromatic N) is 2. The number of benzene rings is 1. The van der Waals surface area contributed by atoms with Crippen molar-refractivity contribution < 1.29 is 18.7 Å². The van der Waals surface area contributed by atoms with Crippen LogP contribution in [0.25, 0.3) is 0 Å². The molecule has 0 saturated carbocycles. The van der Waals surface area contributed by atoms with Gasteiger partial charge >= 0.3 is 0 Å². The molecule has 0 bridgehead atoms. The average Bonchev–Trinajstić information content (AvgIpc) is 3.47. The molecule has 2 saturated heterocycles. The zero-order valence-electron chi connectivity index (χ0n) is 16.8. The molecular weight excluding hydrogens is 405 g/mol. The Morgan fingerprint density at radius 2 is 1.93 bits per heavy atom. The first-order chi connectivity index (χ1) is 14.6. The summed E-state index contributed by atoms with van der Waals surface area (Å²) in [6, 6.07) is 9.83. The number of amides is 2. The lowest BCUT2D eigenvalue weighted by atomic mass is 10.1. The quantitative estimate of drug-likeness (QED) is 0.763. The summed E-state index contributed by atoms with van der Waals surface area (Å²) in [7, 11) is 0. The van der Waals surface area contributed by atoms with Crippen molar-refractivity contribution in [3.05, 3.63) is 58.0 Å². The van der Waals surface area contributed by atoms with Crippen LogP contribution in [0.1, 0.15) is 29.3 Å². The standard InChI is InChI=1S/C22H26FN3O3S/c23-17-7-5-16(6-8-17)21(19-4-2-14-30-19)24-20(27)15-25-9-11-26(12-10-25)22(28)18-3-1-13-29-18/h2,4-8,14,18,21H,1,3,9-13,15H2,(H,24,27)/t18-,21+/m1/s1. The number of carbonyl (C=O) groups is 2. The third-order valence-corrected chi connectivity index (χ3v) is 6.53. The Morgan fingerprint density at radius 3 is 2.57 bits per heavy atom. The number of carbonyl (C=O) groups excluding carboxylic acids is 2. The van der Waals surface area contributed by atoms with Crippen LogP contribution in [-0.4, -0.2) is 67.0 Å². The fraction of sp³-hybridized carbons (Fsp3) is 0.455. The molecule has 2 aromatic rings. The smallest absolute Gasteiger partial charge is 0.251 e. The molecule has 4 rings (SSSR count). The van der Waals surface area contributed by atoms with Gasteiger partial charge in [0.15, 0.2) is 0 Å².